The van der Waals surface area contributed by atoms with Gasteiger partial charge in [-0.1, -0.05) is 11.6 Å². The number of hydrogen-bond acceptors (Lipinski definition) is 3. The Balaban J connectivity index is 3.14. The molecule has 0 unspecified atom stereocenters. The SMILES string of the molecule is Cc1c(Cl)cc(CON)cc1C=N. The summed E-state index contributed by atoms with van der Waals surface area (Å²) in [7, 11) is 0. The first-order valence-corrected chi connectivity index (χ1v) is 4.18. The molecule has 3 nitrogen and oxygen atoms in total. The molecule has 0 amide bonds. The molecule has 0 aliphatic rings. The fourth-order valence-electron chi connectivity index (χ4n) is 1.09. The van der Waals surface area contributed by atoms with Crippen LogP contribution in [0.5, 0.6) is 0 Å². The van der Waals surface area contributed by atoms with Crippen molar-refractivity contribution in [3.8, 4) is 0 Å². The lowest BCUT2D eigenvalue weighted by Gasteiger charge is -2.06. The van der Waals surface area contributed by atoms with Crippen LogP contribution in [-0.4, -0.2) is 6.21 Å². The third-order valence-electron chi connectivity index (χ3n) is 1.85. The van der Waals surface area contributed by atoms with E-state index in [2.05, 4.69) is 4.84 Å². The molecule has 0 aliphatic carbocycles. The van der Waals surface area contributed by atoms with Gasteiger partial charge in [-0.05, 0) is 35.7 Å². The molecule has 0 atom stereocenters. The first-order valence-electron chi connectivity index (χ1n) is 3.80. The maximum atomic E-state index is 7.15. The Labute approximate surface area is 81.9 Å². The predicted octanol–water partition coefficient (Wildman–Crippen LogP) is 2.04. The van der Waals surface area contributed by atoms with E-state index in [1.807, 2.05) is 13.0 Å². The van der Waals surface area contributed by atoms with E-state index in [1.54, 1.807) is 6.07 Å². The summed E-state index contributed by atoms with van der Waals surface area (Å²) >= 11 is 5.93. The van der Waals surface area contributed by atoms with E-state index in [4.69, 9.17) is 22.9 Å². The van der Waals surface area contributed by atoms with Gasteiger partial charge < -0.3 is 5.41 Å². The zero-order valence-corrected chi connectivity index (χ0v) is 8.06. The number of rotatable bonds is 3. The van der Waals surface area contributed by atoms with Crippen LogP contribution >= 0.6 is 11.6 Å². The molecule has 1 rings (SSSR count). The molecule has 3 N–H and O–H groups in total. The van der Waals surface area contributed by atoms with Crippen LogP contribution in [0.1, 0.15) is 16.7 Å². The van der Waals surface area contributed by atoms with E-state index >= 15 is 0 Å². The fraction of sp³-hybridized carbons (Fsp3) is 0.222. The van der Waals surface area contributed by atoms with E-state index in [0.29, 0.717) is 11.6 Å². The number of benzene rings is 1. The molecule has 0 radical (unpaired) electrons. The van der Waals surface area contributed by atoms with E-state index in [-0.39, 0.29) is 0 Å². The third kappa shape index (κ3) is 2.28. The summed E-state index contributed by atoms with van der Waals surface area (Å²) in [5.41, 5.74) is 2.56. The Hall–Kier alpha value is -0.900. The second-order valence-corrected chi connectivity index (χ2v) is 3.15. The zero-order chi connectivity index (χ0) is 9.84. The highest BCUT2D eigenvalue weighted by molar-refractivity contribution is 6.31. The molecular weight excluding hydrogens is 188 g/mol. The minimum absolute atomic E-state index is 0.306. The first-order chi connectivity index (χ1) is 6.19. The van der Waals surface area contributed by atoms with E-state index in [0.717, 1.165) is 16.7 Å². The molecule has 0 bridgehead atoms. The van der Waals surface area contributed by atoms with Crippen molar-refractivity contribution in [2.75, 3.05) is 0 Å². The highest BCUT2D eigenvalue weighted by Crippen LogP contribution is 2.20. The molecule has 0 spiro atoms. The standard InChI is InChI=1S/C9H11ClN2O/c1-6-8(4-11)2-7(5-13-12)3-9(6)10/h2-4,11H,5,12H2,1H3. The first kappa shape index (κ1) is 10.2. The van der Waals surface area contributed by atoms with Crippen molar-refractivity contribution in [3.63, 3.8) is 0 Å². The van der Waals surface area contributed by atoms with Crippen molar-refractivity contribution in [1.29, 1.82) is 5.41 Å². The average Bonchev–Trinajstić information content (AvgIpc) is 2.11. The predicted molar refractivity (Wildman–Crippen MR) is 53.1 cm³/mol. The maximum Gasteiger partial charge on any atom is 0.0930 e. The van der Waals surface area contributed by atoms with Crippen LogP contribution in [0.4, 0.5) is 0 Å². The van der Waals surface area contributed by atoms with Crippen molar-refractivity contribution >= 4 is 17.8 Å². The van der Waals surface area contributed by atoms with Crippen LogP contribution in [0, 0.1) is 12.3 Å². The van der Waals surface area contributed by atoms with Gasteiger partial charge in [-0.25, -0.2) is 5.90 Å². The number of nitrogens with one attached hydrogen (secondary N) is 1. The minimum Gasteiger partial charge on any atom is -0.308 e. The van der Waals surface area contributed by atoms with Crippen LogP contribution in [0.3, 0.4) is 0 Å². The highest BCUT2D eigenvalue weighted by atomic mass is 35.5. The summed E-state index contributed by atoms with van der Waals surface area (Å²) in [6.45, 7) is 2.18. The Bertz CT molecular complexity index is 326. The van der Waals surface area contributed by atoms with Gasteiger partial charge in [0.15, 0.2) is 0 Å². The molecule has 13 heavy (non-hydrogen) atoms. The van der Waals surface area contributed by atoms with Crippen LogP contribution in [0.2, 0.25) is 5.02 Å². The summed E-state index contributed by atoms with van der Waals surface area (Å²) in [6, 6.07) is 3.62. The lowest BCUT2D eigenvalue weighted by molar-refractivity contribution is 0.124. The molecule has 0 aromatic heterocycles. The van der Waals surface area contributed by atoms with Gasteiger partial charge in [0.2, 0.25) is 0 Å². The normalized spacial score (nSPS) is 10.1. The number of nitrogens with two attached hydrogens (primary N) is 1. The van der Waals surface area contributed by atoms with Gasteiger partial charge in [0.1, 0.15) is 0 Å². The molecule has 1 aromatic carbocycles. The van der Waals surface area contributed by atoms with Crippen LogP contribution < -0.4 is 5.90 Å². The van der Waals surface area contributed by atoms with E-state index in [9.17, 15) is 0 Å². The quantitative estimate of drug-likeness (QED) is 0.577. The van der Waals surface area contributed by atoms with Gasteiger partial charge in [-0.3, -0.25) is 4.84 Å². The molecule has 1 aromatic rings. The third-order valence-corrected chi connectivity index (χ3v) is 2.24. The second kappa shape index (κ2) is 4.37. The topological polar surface area (TPSA) is 59.1 Å². The van der Waals surface area contributed by atoms with Crippen molar-refractivity contribution in [2.45, 2.75) is 13.5 Å². The van der Waals surface area contributed by atoms with Gasteiger partial charge in [0.05, 0.1) is 6.61 Å². The van der Waals surface area contributed by atoms with Crippen LogP contribution in [-0.2, 0) is 11.4 Å². The molecule has 0 heterocycles. The lowest BCUT2D eigenvalue weighted by Crippen LogP contribution is -2.00. The second-order valence-electron chi connectivity index (χ2n) is 2.75. The lowest BCUT2D eigenvalue weighted by atomic mass is 10.1. The molecule has 0 fully saturated rings. The Morgan fingerprint density at radius 3 is 2.85 bits per heavy atom. The van der Waals surface area contributed by atoms with Crippen molar-refractivity contribution in [1.82, 2.24) is 0 Å². The summed E-state index contributed by atoms with van der Waals surface area (Å²) in [5.74, 6) is 4.94. The van der Waals surface area contributed by atoms with Gasteiger partial charge in [-0.15, -0.1) is 0 Å². The Kier molecular flexibility index (Phi) is 3.42. The van der Waals surface area contributed by atoms with Crippen molar-refractivity contribution in [2.24, 2.45) is 5.90 Å². The number of halogens is 1. The molecule has 0 saturated heterocycles. The van der Waals surface area contributed by atoms with Crippen LogP contribution in [0.25, 0.3) is 0 Å². The van der Waals surface area contributed by atoms with E-state index in [1.165, 1.54) is 6.21 Å². The van der Waals surface area contributed by atoms with Crippen molar-refractivity contribution < 1.29 is 4.84 Å². The van der Waals surface area contributed by atoms with Gasteiger partial charge in [0, 0.05) is 11.2 Å². The van der Waals surface area contributed by atoms with Gasteiger partial charge in [0.25, 0.3) is 0 Å². The fourth-order valence-corrected chi connectivity index (χ4v) is 1.34. The van der Waals surface area contributed by atoms with Crippen molar-refractivity contribution in [3.05, 3.63) is 33.8 Å². The summed E-state index contributed by atoms with van der Waals surface area (Å²) < 4.78 is 0. The summed E-state index contributed by atoms with van der Waals surface area (Å²) in [4.78, 5) is 4.49. The summed E-state index contributed by atoms with van der Waals surface area (Å²) in [5, 5.41) is 7.79. The zero-order valence-electron chi connectivity index (χ0n) is 7.30. The minimum atomic E-state index is 0.306. The highest BCUT2D eigenvalue weighted by Gasteiger charge is 2.03. The largest absolute Gasteiger partial charge is 0.308 e. The van der Waals surface area contributed by atoms with Gasteiger partial charge in [-0.2, -0.15) is 0 Å². The molecule has 70 valence electrons. The monoisotopic (exact) mass is 198 g/mol. The van der Waals surface area contributed by atoms with Gasteiger partial charge >= 0.3 is 0 Å². The van der Waals surface area contributed by atoms with E-state index < -0.39 is 0 Å². The molecular formula is C9H11ClN2O. The number of hydrogen-bond donors (Lipinski definition) is 2. The Morgan fingerprint density at radius 2 is 2.31 bits per heavy atom. The molecule has 4 heteroatoms. The average molecular weight is 199 g/mol. The molecule has 0 saturated carbocycles. The summed E-state index contributed by atoms with van der Waals surface area (Å²) in [6.07, 6.45) is 1.27. The smallest absolute Gasteiger partial charge is 0.0930 e. The van der Waals surface area contributed by atoms with Crippen LogP contribution in [0.15, 0.2) is 12.1 Å². The Morgan fingerprint density at radius 1 is 1.62 bits per heavy atom. The molecule has 0 aliphatic heterocycles. The maximum absolute atomic E-state index is 7.15.